The van der Waals surface area contributed by atoms with E-state index in [0.29, 0.717) is 11.7 Å². The summed E-state index contributed by atoms with van der Waals surface area (Å²) in [6.07, 6.45) is 0. The number of rotatable bonds is 5. The van der Waals surface area contributed by atoms with Crippen molar-refractivity contribution in [3.05, 3.63) is 59.4 Å². The highest BCUT2D eigenvalue weighted by atomic mass is 32.2. The van der Waals surface area contributed by atoms with E-state index in [1.165, 1.54) is 17.7 Å². The van der Waals surface area contributed by atoms with Crippen LogP contribution in [0.4, 0.5) is 4.39 Å². The molecule has 0 amide bonds. The van der Waals surface area contributed by atoms with Crippen LogP contribution in [0.5, 0.6) is 0 Å². The second-order valence-electron chi connectivity index (χ2n) is 5.23. The van der Waals surface area contributed by atoms with Crippen molar-refractivity contribution in [1.29, 1.82) is 0 Å². The fourth-order valence-corrected chi connectivity index (χ4v) is 2.96. The quantitative estimate of drug-likeness (QED) is 0.659. The van der Waals surface area contributed by atoms with Crippen LogP contribution in [0.3, 0.4) is 0 Å². The summed E-state index contributed by atoms with van der Waals surface area (Å²) in [5.74, 6) is 0.597. The molecule has 2 aromatic rings. The molecule has 0 saturated heterocycles. The van der Waals surface area contributed by atoms with Crippen LogP contribution in [0.25, 0.3) is 0 Å². The predicted molar refractivity (Wildman–Crippen MR) is 86.3 cm³/mol. The Morgan fingerprint density at radius 2 is 1.76 bits per heavy atom. The molecule has 2 N–H and O–H groups in total. The number of benzene rings is 2. The number of halogens is 1. The van der Waals surface area contributed by atoms with E-state index in [2.05, 4.69) is 38.1 Å². The van der Waals surface area contributed by atoms with Crippen LogP contribution >= 0.6 is 11.8 Å². The lowest BCUT2D eigenvalue weighted by Crippen LogP contribution is -2.33. The highest BCUT2D eigenvalue weighted by Gasteiger charge is 2.16. The van der Waals surface area contributed by atoms with Crippen molar-refractivity contribution in [2.24, 2.45) is 0 Å². The number of hydrogen-bond donors (Lipinski definition) is 2. The molecule has 0 atom stereocenters. The molecule has 0 bridgehead atoms. The Morgan fingerprint density at radius 1 is 1.10 bits per heavy atom. The Labute approximate surface area is 129 Å². The summed E-state index contributed by atoms with van der Waals surface area (Å²) in [7, 11) is -1.65. The lowest BCUT2D eigenvalue weighted by Gasteiger charge is -2.10. The standard InChI is InChI=1S/C16H18BFO2S/c1-11(2)12-4-7-15(8-5-12)21-10-13-3-6-14(18)9-16(13)17(19)20/h3-9,11,19-20H,10H2,1-2H3. The van der Waals surface area contributed by atoms with Crippen molar-refractivity contribution < 1.29 is 14.4 Å². The predicted octanol–water partition coefficient (Wildman–Crippen LogP) is 2.92. The summed E-state index contributed by atoms with van der Waals surface area (Å²) in [5, 5.41) is 18.6. The van der Waals surface area contributed by atoms with Gasteiger partial charge in [-0.25, -0.2) is 4.39 Å². The third-order valence-electron chi connectivity index (χ3n) is 3.33. The minimum Gasteiger partial charge on any atom is -0.423 e. The third-order valence-corrected chi connectivity index (χ3v) is 4.39. The molecule has 0 unspecified atom stereocenters. The van der Waals surface area contributed by atoms with E-state index in [1.54, 1.807) is 17.8 Å². The number of hydrogen-bond acceptors (Lipinski definition) is 3. The molecule has 0 aliphatic carbocycles. The van der Waals surface area contributed by atoms with Crippen LogP contribution in [0, 0.1) is 5.82 Å². The van der Waals surface area contributed by atoms with E-state index in [1.807, 2.05) is 0 Å². The third kappa shape index (κ3) is 4.33. The second-order valence-corrected chi connectivity index (χ2v) is 6.28. The van der Waals surface area contributed by atoms with Gasteiger partial charge >= 0.3 is 7.12 Å². The SMILES string of the molecule is CC(C)c1ccc(SCc2ccc(F)cc2B(O)O)cc1. The Morgan fingerprint density at radius 3 is 2.33 bits per heavy atom. The smallest absolute Gasteiger partial charge is 0.423 e. The topological polar surface area (TPSA) is 40.5 Å². The van der Waals surface area contributed by atoms with Crippen LogP contribution < -0.4 is 5.46 Å². The maximum absolute atomic E-state index is 13.2. The Hall–Kier alpha value is -1.30. The largest absolute Gasteiger partial charge is 0.488 e. The van der Waals surface area contributed by atoms with Crippen molar-refractivity contribution in [1.82, 2.24) is 0 Å². The van der Waals surface area contributed by atoms with E-state index in [-0.39, 0.29) is 5.46 Å². The fourth-order valence-electron chi connectivity index (χ4n) is 2.05. The highest BCUT2D eigenvalue weighted by molar-refractivity contribution is 7.98. The van der Waals surface area contributed by atoms with Gasteiger partial charge in [0.2, 0.25) is 0 Å². The van der Waals surface area contributed by atoms with Gasteiger partial charge in [-0.1, -0.05) is 32.0 Å². The van der Waals surface area contributed by atoms with Gasteiger partial charge in [-0.2, -0.15) is 0 Å². The summed E-state index contributed by atoms with van der Waals surface area (Å²) < 4.78 is 13.2. The molecule has 0 aromatic heterocycles. The molecule has 0 aliphatic heterocycles. The van der Waals surface area contributed by atoms with Crippen molar-refractivity contribution in [3.8, 4) is 0 Å². The van der Waals surface area contributed by atoms with Crippen LogP contribution in [-0.4, -0.2) is 17.2 Å². The van der Waals surface area contributed by atoms with E-state index in [9.17, 15) is 14.4 Å². The van der Waals surface area contributed by atoms with Gasteiger partial charge in [-0.15, -0.1) is 11.8 Å². The van der Waals surface area contributed by atoms with Crippen molar-refractivity contribution in [3.63, 3.8) is 0 Å². The van der Waals surface area contributed by atoms with Gasteiger partial charge in [0.25, 0.3) is 0 Å². The second kappa shape index (κ2) is 7.12. The normalized spacial score (nSPS) is 11.0. The summed E-state index contributed by atoms with van der Waals surface area (Å²) in [6, 6.07) is 12.4. The zero-order chi connectivity index (χ0) is 15.4. The average molecular weight is 304 g/mol. The number of thioether (sulfide) groups is 1. The minimum absolute atomic E-state index is 0.223. The molecule has 2 nitrogen and oxygen atoms in total. The van der Waals surface area contributed by atoms with Gasteiger partial charge in [0.05, 0.1) is 0 Å². The van der Waals surface area contributed by atoms with Crippen LogP contribution in [0.15, 0.2) is 47.4 Å². The van der Waals surface area contributed by atoms with E-state index < -0.39 is 12.9 Å². The maximum Gasteiger partial charge on any atom is 0.488 e. The molecular weight excluding hydrogens is 286 g/mol. The average Bonchev–Trinajstić information content (AvgIpc) is 2.46. The Balaban J connectivity index is 2.09. The lowest BCUT2D eigenvalue weighted by atomic mass is 9.77. The first-order valence-corrected chi connectivity index (χ1v) is 7.83. The molecular formula is C16H18BFO2S. The molecule has 21 heavy (non-hydrogen) atoms. The zero-order valence-electron chi connectivity index (χ0n) is 12.1. The Bertz CT molecular complexity index is 600. The molecule has 0 saturated carbocycles. The molecule has 0 fully saturated rings. The highest BCUT2D eigenvalue weighted by Crippen LogP contribution is 2.24. The molecule has 0 radical (unpaired) electrons. The first-order valence-electron chi connectivity index (χ1n) is 6.84. The van der Waals surface area contributed by atoms with Gasteiger partial charge < -0.3 is 10.0 Å². The van der Waals surface area contributed by atoms with E-state index >= 15 is 0 Å². The molecule has 0 heterocycles. The lowest BCUT2D eigenvalue weighted by molar-refractivity contribution is 0.425. The summed E-state index contributed by atoms with van der Waals surface area (Å²) in [4.78, 5) is 1.10. The summed E-state index contributed by atoms with van der Waals surface area (Å²) in [5.41, 5.74) is 2.23. The molecule has 0 spiro atoms. The van der Waals surface area contributed by atoms with Crippen molar-refractivity contribution in [2.75, 3.05) is 0 Å². The summed E-state index contributed by atoms with van der Waals surface area (Å²) >= 11 is 1.59. The first-order chi connectivity index (χ1) is 9.97. The van der Waals surface area contributed by atoms with Crippen LogP contribution in [-0.2, 0) is 5.75 Å². The van der Waals surface area contributed by atoms with Crippen LogP contribution in [0.2, 0.25) is 0 Å². The van der Waals surface area contributed by atoms with E-state index in [0.717, 1.165) is 10.5 Å². The fraction of sp³-hybridized carbons (Fsp3) is 0.250. The Kier molecular flexibility index (Phi) is 5.45. The van der Waals surface area contributed by atoms with Gasteiger partial charge in [0.1, 0.15) is 5.82 Å². The van der Waals surface area contributed by atoms with Crippen LogP contribution in [0.1, 0.15) is 30.9 Å². The van der Waals surface area contributed by atoms with Crippen molar-refractivity contribution in [2.45, 2.75) is 30.4 Å². The molecule has 110 valence electrons. The van der Waals surface area contributed by atoms with Gasteiger partial charge in [-0.3, -0.25) is 0 Å². The van der Waals surface area contributed by atoms with Gasteiger partial charge in [-0.05, 0) is 46.8 Å². The molecule has 2 aromatic carbocycles. The monoisotopic (exact) mass is 304 g/mol. The van der Waals surface area contributed by atoms with E-state index in [4.69, 9.17) is 0 Å². The summed E-state index contributed by atoms with van der Waals surface area (Å²) in [6.45, 7) is 4.30. The first kappa shape index (κ1) is 16.1. The maximum atomic E-state index is 13.2. The van der Waals surface area contributed by atoms with Crippen molar-refractivity contribution >= 4 is 24.3 Å². The zero-order valence-corrected chi connectivity index (χ0v) is 12.9. The van der Waals surface area contributed by atoms with Gasteiger partial charge in [0, 0.05) is 10.6 Å². The van der Waals surface area contributed by atoms with Gasteiger partial charge in [0.15, 0.2) is 0 Å². The molecule has 0 aliphatic rings. The minimum atomic E-state index is -1.65. The molecule has 5 heteroatoms. The molecule has 2 rings (SSSR count).